The SMILES string of the molecule is COc1ccc2c(c1)CC/C(=C\c1ccc3nccnc3c1)C2=O. The highest BCUT2D eigenvalue weighted by Crippen LogP contribution is 2.29. The molecule has 0 N–H and O–H groups in total. The van der Waals surface area contributed by atoms with Gasteiger partial charge < -0.3 is 4.74 Å². The standard InChI is InChI=1S/C20H16N2O2/c1-24-16-5-6-17-14(12-16)3-4-15(20(17)23)10-13-2-7-18-19(11-13)22-9-8-21-18/h2,5-12H,3-4H2,1H3/b15-10+. The maximum atomic E-state index is 12.7. The molecule has 1 aliphatic rings. The third kappa shape index (κ3) is 2.56. The van der Waals surface area contributed by atoms with Crippen molar-refractivity contribution in [2.75, 3.05) is 7.11 Å². The molecule has 1 aliphatic carbocycles. The highest BCUT2D eigenvalue weighted by molar-refractivity contribution is 6.13. The number of benzene rings is 2. The molecule has 4 nitrogen and oxygen atoms in total. The third-order valence-electron chi connectivity index (χ3n) is 4.35. The van der Waals surface area contributed by atoms with Crippen molar-refractivity contribution >= 4 is 22.9 Å². The van der Waals surface area contributed by atoms with Crippen molar-refractivity contribution < 1.29 is 9.53 Å². The Balaban J connectivity index is 1.70. The number of ether oxygens (including phenoxy) is 1. The highest BCUT2D eigenvalue weighted by atomic mass is 16.5. The van der Waals surface area contributed by atoms with Crippen LogP contribution in [0.5, 0.6) is 5.75 Å². The molecule has 4 heteroatoms. The van der Waals surface area contributed by atoms with E-state index in [1.54, 1.807) is 19.5 Å². The third-order valence-corrected chi connectivity index (χ3v) is 4.35. The Hall–Kier alpha value is -3.01. The number of allylic oxidation sites excluding steroid dienone is 1. The van der Waals surface area contributed by atoms with Gasteiger partial charge in [-0.15, -0.1) is 0 Å². The molecule has 3 aromatic rings. The van der Waals surface area contributed by atoms with E-state index in [0.29, 0.717) is 0 Å². The van der Waals surface area contributed by atoms with Crippen molar-refractivity contribution in [2.24, 2.45) is 0 Å². The summed E-state index contributed by atoms with van der Waals surface area (Å²) in [6.45, 7) is 0. The first-order chi connectivity index (χ1) is 11.7. The predicted molar refractivity (Wildman–Crippen MR) is 93.2 cm³/mol. The van der Waals surface area contributed by atoms with Gasteiger partial charge in [0.1, 0.15) is 5.75 Å². The van der Waals surface area contributed by atoms with E-state index in [-0.39, 0.29) is 5.78 Å². The van der Waals surface area contributed by atoms with Crippen molar-refractivity contribution in [1.82, 2.24) is 9.97 Å². The second-order valence-electron chi connectivity index (χ2n) is 5.83. The van der Waals surface area contributed by atoms with E-state index in [4.69, 9.17) is 4.74 Å². The lowest BCUT2D eigenvalue weighted by molar-refractivity contribution is 0.102. The number of nitrogens with zero attached hydrogens (tertiary/aromatic N) is 2. The summed E-state index contributed by atoms with van der Waals surface area (Å²) in [6.07, 6.45) is 6.89. The smallest absolute Gasteiger partial charge is 0.189 e. The van der Waals surface area contributed by atoms with Crippen LogP contribution in [0.3, 0.4) is 0 Å². The summed E-state index contributed by atoms with van der Waals surface area (Å²) in [5, 5.41) is 0. The Labute approximate surface area is 139 Å². The number of carbonyl (C=O) groups excluding carboxylic acids is 1. The van der Waals surface area contributed by atoms with Gasteiger partial charge in [0.25, 0.3) is 0 Å². The van der Waals surface area contributed by atoms with E-state index < -0.39 is 0 Å². The zero-order chi connectivity index (χ0) is 16.5. The van der Waals surface area contributed by atoms with Gasteiger partial charge in [-0.1, -0.05) is 6.07 Å². The van der Waals surface area contributed by atoms with Crippen molar-refractivity contribution in [2.45, 2.75) is 12.8 Å². The number of hydrogen-bond acceptors (Lipinski definition) is 4. The van der Waals surface area contributed by atoms with Crippen molar-refractivity contribution in [3.8, 4) is 5.75 Å². The number of aryl methyl sites for hydroxylation is 1. The number of Topliss-reactive ketones (excluding diaryl/α,β-unsaturated/α-hetero) is 1. The predicted octanol–water partition coefficient (Wildman–Crippen LogP) is 3.85. The van der Waals surface area contributed by atoms with Gasteiger partial charge in [0, 0.05) is 23.5 Å². The lowest BCUT2D eigenvalue weighted by Crippen LogP contribution is -2.14. The fourth-order valence-electron chi connectivity index (χ4n) is 3.09. The molecule has 0 unspecified atom stereocenters. The van der Waals surface area contributed by atoms with E-state index in [2.05, 4.69) is 9.97 Å². The number of ketones is 1. The van der Waals surface area contributed by atoms with Crippen molar-refractivity contribution in [3.05, 3.63) is 71.1 Å². The Morgan fingerprint density at radius 3 is 2.67 bits per heavy atom. The van der Waals surface area contributed by atoms with Gasteiger partial charge in [-0.05, 0) is 60.4 Å². The lowest BCUT2D eigenvalue weighted by Gasteiger charge is -2.18. The van der Waals surface area contributed by atoms with Crippen LogP contribution in [0.4, 0.5) is 0 Å². The van der Waals surface area contributed by atoms with Gasteiger partial charge in [0.2, 0.25) is 0 Å². The molecule has 0 fully saturated rings. The molecule has 4 rings (SSSR count). The van der Waals surface area contributed by atoms with E-state index in [0.717, 1.165) is 51.9 Å². The zero-order valence-electron chi connectivity index (χ0n) is 13.3. The molecule has 118 valence electrons. The molecule has 1 aromatic heterocycles. The molecule has 1 heterocycles. The monoisotopic (exact) mass is 316 g/mol. The van der Waals surface area contributed by atoms with Crippen LogP contribution in [0.15, 0.2) is 54.4 Å². The van der Waals surface area contributed by atoms with Crippen LogP contribution in [-0.4, -0.2) is 22.9 Å². The van der Waals surface area contributed by atoms with E-state index in [1.807, 2.05) is 42.5 Å². The van der Waals surface area contributed by atoms with Crippen molar-refractivity contribution in [1.29, 1.82) is 0 Å². The number of carbonyl (C=O) groups is 1. The van der Waals surface area contributed by atoms with Crippen LogP contribution in [0.2, 0.25) is 0 Å². The van der Waals surface area contributed by atoms with Gasteiger partial charge in [-0.3, -0.25) is 14.8 Å². The lowest BCUT2D eigenvalue weighted by atomic mass is 9.86. The molecule has 2 aromatic carbocycles. The second-order valence-corrected chi connectivity index (χ2v) is 5.83. The summed E-state index contributed by atoms with van der Waals surface area (Å²) in [5.74, 6) is 0.889. The number of fused-ring (bicyclic) bond motifs is 2. The van der Waals surface area contributed by atoms with Crippen molar-refractivity contribution in [3.63, 3.8) is 0 Å². The number of aromatic nitrogens is 2. The molecular weight excluding hydrogens is 300 g/mol. The van der Waals surface area contributed by atoms with Gasteiger partial charge in [0.15, 0.2) is 5.78 Å². The molecule has 0 bridgehead atoms. The fraction of sp³-hybridized carbons (Fsp3) is 0.150. The molecule has 0 atom stereocenters. The summed E-state index contributed by atoms with van der Waals surface area (Å²) in [6, 6.07) is 11.5. The Kier molecular flexibility index (Phi) is 3.58. The normalized spacial score (nSPS) is 15.5. The van der Waals surface area contributed by atoms with E-state index >= 15 is 0 Å². The molecule has 0 radical (unpaired) electrons. The van der Waals surface area contributed by atoms with Crippen LogP contribution in [0.1, 0.15) is 27.9 Å². The second kappa shape index (κ2) is 5.89. The topological polar surface area (TPSA) is 52.1 Å². The molecule has 0 saturated heterocycles. The van der Waals surface area contributed by atoms with Gasteiger partial charge in [0.05, 0.1) is 18.1 Å². The first-order valence-corrected chi connectivity index (χ1v) is 7.87. The van der Waals surface area contributed by atoms with Gasteiger partial charge in [-0.2, -0.15) is 0 Å². The molecule has 0 amide bonds. The fourth-order valence-corrected chi connectivity index (χ4v) is 3.09. The Morgan fingerprint density at radius 1 is 1.00 bits per heavy atom. The first-order valence-electron chi connectivity index (χ1n) is 7.87. The van der Waals surface area contributed by atoms with Crippen LogP contribution in [-0.2, 0) is 6.42 Å². The molecule has 24 heavy (non-hydrogen) atoms. The largest absolute Gasteiger partial charge is 0.497 e. The Bertz CT molecular complexity index is 976. The zero-order valence-corrected chi connectivity index (χ0v) is 13.3. The quantitative estimate of drug-likeness (QED) is 0.674. The number of methoxy groups -OCH3 is 1. The molecular formula is C20H16N2O2. The van der Waals surface area contributed by atoms with E-state index in [1.165, 1.54) is 0 Å². The minimum atomic E-state index is 0.0955. The van der Waals surface area contributed by atoms with E-state index in [9.17, 15) is 4.79 Å². The Morgan fingerprint density at radius 2 is 1.83 bits per heavy atom. The molecule has 0 saturated carbocycles. The number of hydrogen-bond donors (Lipinski definition) is 0. The molecule has 0 spiro atoms. The van der Waals surface area contributed by atoms with Gasteiger partial charge in [-0.25, -0.2) is 0 Å². The summed E-state index contributed by atoms with van der Waals surface area (Å²) in [4.78, 5) is 21.3. The van der Waals surface area contributed by atoms with Crippen LogP contribution >= 0.6 is 0 Å². The minimum absolute atomic E-state index is 0.0955. The van der Waals surface area contributed by atoms with Crippen LogP contribution in [0, 0.1) is 0 Å². The molecule has 0 aliphatic heterocycles. The summed E-state index contributed by atoms with van der Waals surface area (Å²) in [7, 11) is 1.64. The number of rotatable bonds is 2. The summed E-state index contributed by atoms with van der Waals surface area (Å²) >= 11 is 0. The van der Waals surface area contributed by atoms with Gasteiger partial charge >= 0.3 is 0 Å². The maximum absolute atomic E-state index is 12.7. The van der Waals surface area contributed by atoms with Crippen LogP contribution in [0.25, 0.3) is 17.1 Å². The average Bonchev–Trinajstić information content (AvgIpc) is 2.63. The minimum Gasteiger partial charge on any atom is -0.497 e. The average molecular weight is 316 g/mol. The summed E-state index contributed by atoms with van der Waals surface area (Å²) < 4.78 is 5.24. The summed E-state index contributed by atoms with van der Waals surface area (Å²) in [5.41, 5.74) is 5.32. The first kappa shape index (κ1) is 14.6. The maximum Gasteiger partial charge on any atom is 0.189 e. The van der Waals surface area contributed by atoms with Crippen LogP contribution < -0.4 is 4.74 Å². The highest BCUT2D eigenvalue weighted by Gasteiger charge is 2.22.